The number of nitrogens with zero attached hydrogens (tertiary/aromatic N) is 1. The van der Waals surface area contributed by atoms with E-state index in [1.54, 1.807) is 0 Å². The van der Waals surface area contributed by atoms with Gasteiger partial charge >= 0.3 is 0 Å². The van der Waals surface area contributed by atoms with Gasteiger partial charge in [0.05, 0.1) is 18.8 Å². The van der Waals surface area contributed by atoms with Gasteiger partial charge in [-0.15, -0.1) is 0 Å². The van der Waals surface area contributed by atoms with Crippen molar-refractivity contribution < 1.29 is 9.47 Å². The fourth-order valence-electron chi connectivity index (χ4n) is 3.17. The number of rotatable bonds is 6. The molecule has 2 heterocycles. The number of nitrogens with two attached hydrogens (primary N) is 1. The molecule has 0 aliphatic carbocycles. The van der Waals surface area contributed by atoms with Crippen molar-refractivity contribution in [2.24, 2.45) is 5.73 Å². The summed E-state index contributed by atoms with van der Waals surface area (Å²) in [6.07, 6.45) is 4.49. The molecule has 2 aliphatic rings. The maximum Gasteiger partial charge on any atom is 0.123 e. The Morgan fingerprint density at radius 1 is 1.20 bits per heavy atom. The summed E-state index contributed by atoms with van der Waals surface area (Å²) in [7, 11) is 0. The van der Waals surface area contributed by atoms with Gasteiger partial charge in [-0.2, -0.15) is 0 Å². The van der Waals surface area contributed by atoms with Gasteiger partial charge in [0.15, 0.2) is 0 Å². The summed E-state index contributed by atoms with van der Waals surface area (Å²) >= 11 is 0. The van der Waals surface area contributed by atoms with Crippen molar-refractivity contribution in [1.29, 1.82) is 0 Å². The van der Waals surface area contributed by atoms with Crippen LogP contribution in [0.3, 0.4) is 0 Å². The molecule has 0 aromatic heterocycles. The van der Waals surface area contributed by atoms with Gasteiger partial charge in [-0.1, -0.05) is 18.2 Å². The predicted octanol–water partition coefficient (Wildman–Crippen LogP) is 1.78. The second-order valence-corrected chi connectivity index (χ2v) is 5.73. The number of hydrogen-bond donors (Lipinski definition) is 1. The van der Waals surface area contributed by atoms with E-state index in [0.29, 0.717) is 18.8 Å². The van der Waals surface area contributed by atoms with Crippen LogP contribution in [0.25, 0.3) is 0 Å². The van der Waals surface area contributed by atoms with Gasteiger partial charge in [0.1, 0.15) is 5.75 Å². The quantitative estimate of drug-likeness (QED) is 0.805. The van der Waals surface area contributed by atoms with Gasteiger partial charge in [0, 0.05) is 31.7 Å². The van der Waals surface area contributed by atoms with Crippen molar-refractivity contribution in [2.45, 2.75) is 38.0 Å². The lowest BCUT2D eigenvalue weighted by molar-refractivity contribution is -0.0391. The van der Waals surface area contributed by atoms with Crippen LogP contribution in [0.1, 0.15) is 24.8 Å². The van der Waals surface area contributed by atoms with Crippen LogP contribution in [-0.2, 0) is 11.3 Å². The van der Waals surface area contributed by atoms with Gasteiger partial charge in [-0.05, 0) is 25.3 Å². The molecule has 2 atom stereocenters. The Morgan fingerprint density at radius 2 is 1.95 bits per heavy atom. The van der Waals surface area contributed by atoms with Gasteiger partial charge in [0.25, 0.3) is 0 Å². The van der Waals surface area contributed by atoms with Gasteiger partial charge < -0.3 is 15.2 Å². The van der Waals surface area contributed by atoms with Crippen LogP contribution in [-0.4, -0.2) is 43.3 Å². The zero-order valence-corrected chi connectivity index (χ0v) is 12.0. The molecule has 0 radical (unpaired) electrons. The maximum absolute atomic E-state index is 5.85. The largest absolute Gasteiger partial charge is 0.493 e. The highest BCUT2D eigenvalue weighted by molar-refractivity contribution is 5.32. The molecule has 1 aromatic carbocycles. The number of hydrogen-bond acceptors (Lipinski definition) is 4. The molecule has 2 saturated heterocycles. The first kappa shape index (κ1) is 13.9. The van der Waals surface area contributed by atoms with E-state index in [0.717, 1.165) is 44.0 Å². The van der Waals surface area contributed by atoms with Crippen LogP contribution >= 0.6 is 0 Å². The van der Waals surface area contributed by atoms with Gasteiger partial charge in [0.2, 0.25) is 0 Å². The number of para-hydroxylation sites is 1. The van der Waals surface area contributed by atoms with E-state index in [1.165, 1.54) is 12.8 Å². The van der Waals surface area contributed by atoms with Crippen LogP contribution in [0.5, 0.6) is 5.75 Å². The number of likely N-dealkylation sites (tertiary alicyclic amines) is 1. The van der Waals surface area contributed by atoms with Crippen LogP contribution in [0.15, 0.2) is 24.3 Å². The zero-order chi connectivity index (χ0) is 13.8. The number of ether oxygens (including phenoxy) is 2. The molecular weight excluding hydrogens is 252 g/mol. The first-order valence-electron chi connectivity index (χ1n) is 7.64. The molecule has 20 heavy (non-hydrogen) atoms. The van der Waals surface area contributed by atoms with E-state index in [2.05, 4.69) is 4.90 Å². The highest BCUT2D eigenvalue weighted by atomic mass is 16.5. The lowest BCUT2D eigenvalue weighted by Gasteiger charge is -2.31. The monoisotopic (exact) mass is 276 g/mol. The molecule has 0 saturated carbocycles. The summed E-state index contributed by atoms with van der Waals surface area (Å²) in [6, 6.07) is 8.01. The maximum atomic E-state index is 5.85. The van der Waals surface area contributed by atoms with E-state index in [-0.39, 0.29) is 0 Å². The van der Waals surface area contributed by atoms with E-state index in [1.807, 2.05) is 24.3 Å². The summed E-state index contributed by atoms with van der Waals surface area (Å²) in [5, 5.41) is 0. The van der Waals surface area contributed by atoms with E-state index < -0.39 is 0 Å². The van der Waals surface area contributed by atoms with E-state index in [4.69, 9.17) is 15.2 Å². The molecule has 2 unspecified atom stereocenters. The summed E-state index contributed by atoms with van der Waals surface area (Å²) in [5.41, 5.74) is 6.79. The molecule has 4 heteroatoms. The summed E-state index contributed by atoms with van der Waals surface area (Å²) < 4.78 is 11.7. The smallest absolute Gasteiger partial charge is 0.123 e. The first-order chi connectivity index (χ1) is 9.85. The Kier molecular flexibility index (Phi) is 4.55. The Morgan fingerprint density at radius 3 is 2.70 bits per heavy atom. The Balaban J connectivity index is 1.40. The normalized spacial score (nSPS) is 25.9. The lowest BCUT2D eigenvalue weighted by atomic mass is 10.2. The molecule has 0 spiro atoms. The molecule has 2 fully saturated rings. The van der Waals surface area contributed by atoms with Gasteiger partial charge in [-0.25, -0.2) is 0 Å². The molecule has 4 nitrogen and oxygen atoms in total. The van der Waals surface area contributed by atoms with Crippen LogP contribution in [0.2, 0.25) is 0 Å². The van der Waals surface area contributed by atoms with Crippen molar-refractivity contribution in [3.05, 3.63) is 29.8 Å². The van der Waals surface area contributed by atoms with E-state index >= 15 is 0 Å². The predicted molar refractivity (Wildman–Crippen MR) is 78.8 cm³/mol. The molecule has 3 rings (SSSR count). The van der Waals surface area contributed by atoms with Crippen molar-refractivity contribution in [1.82, 2.24) is 4.90 Å². The second-order valence-electron chi connectivity index (χ2n) is 5.73. The topological polar surface area (TPSA) is 47.7 Å². The van der Waals surface area contributed by atoms with Crippen LogP contribution < -0.4 is 10.5 Å². The fraction of sp³-hybridized carbons (Fsp3) is 0.625. The summed E-state index contributed by atoms with van der Waals surface area (Å²) in [4.78, 5) is 2.52. The molecule has 2 N–H and O–H groups in total. The molecule has 0 amide bonds. The minimum Gasteiger partial charge on any atom is -0.493 e. The number of benzene rings is 1. The highest BCUT2D eigenvalue weighted by Crippen LogP contribution is 2.26. The Hall–Kier alpha value is -1.10. The average molecular weight is 276 g/mol. The average Bonchev–Trinajstić information content (AvgIpc) is 2.83. The summed E-state index contributed by atoms with van der Waals surface area (Å²) in [5.74, 6) is 0.928. The standard InChI is InChI=1S/C16H24N2O2/c17-10-13-4-1-2-5-16(13)19-9-3-8-18-11-14-6-7-15(12-18)20-14/h1-2,4-5,14-15H,3,6-12,17H2. The van der Waals surface area contributed by atoms with E-state index in [9.17, 15) is 0 Å². The SMILES string of the molecule is NCc1ccccc1OCCCN1CC2CCC(C1)O2. The van der Waals surface area contributed by atoms with Crippen molar-refractivity contribution in [2.75, 3.05) is 26.2 Å². The number of fused-ring (bicyclic) bond motifs is 2. The van der Waals surface area contributed by atoms with Crippen molar-refractivity contribution >= 4 is 0 Å². The molecule has 1 aromatic rings. The summed E-state index contributed by atoms with van der Waals surface area (Å²) in [6.45, 7) is 4.57. The third-order valence-corrected chi connectivity index (χ3v) is 4.19. The van der Waals surface area contributed by atoms with Crippen LogP contribution in [0, 0.1) is 0 Å². The van der Waals surface area contributed by atoms with Crippen molar-refractivity contribution in [3.8, 4) is 5.75 Å². The zero-order valence-electron chi connectivity index (χ0n) is 12.0. The lowest BCUT2D eigenvalue weighted by Crippen LogP contribution is -2.43. The second kappa shape index (κ2) is 6.57. The Labute approximate surface area is 120 Å². The molecule has 2 bridgehead atoms. The minimum atomic E-state index is 0.479. The molecule has 2 aliphatic heterocycles. The Bertz CT molecular complexity index is 426. The minimum absolute atomic E-state index is 0.479. The number of morpholine rings is 1. The third kappa shape index (κ3) is 3.32. The molecule has 110 valence electrons. The van der Waals surface area contributed by atoms with Gasteiger partial charge in [-0.3, -0.25) is 4.90 Å². The third-order valence-electron chi connectivity index (χ3n) is 4.19. The highest BCUT2D eigenvalue weighted by Gasteiger charge is 2.33. The van der Waals surface area contributed by atoms with Crippen molar-refractivity contribution in [3.63, 3.8) is 0 Å². The fourth-order valence-corrected chi connectivity index (χ4v) is 3.17. The van der Waals surface area contributed by atoms with Crippen LogP contribution in [0.4, 0.5) is 0 Å². The molecular formula is C16H24N2O2. The first-order valence-corrected chi connectivity index (χ1v) is 7.64.